The molecule has 0 aromatic carbocycles. The normalized spacial score (nSPS) is 11.8. The van der Waals surface area contributed by atoms with E-state index in [1.165, 1.54) is 0 Å². The lowest BCUT2D eigenvalue weighted by Crippen LogP contribution is -2.41. The summed E-state index contributed by atoms with van der Waals surface area (Å²) in [5.41, 5.74) is 4.32. The van der Waals surface area contributed by atoms with Crippen molar-refractivity contribution in [2.45, 2.75) is 20.4 Å². The van der Waals surface area contributed by atoms with Gasteiger partial charge in [0.25, 0.3) is 0 Å². The van der Waals surface area contributed by atoms with Gasteiger partial charge in [-0.15, -0.1) is 0 Å². The maximum Gasteiger partial charge on any atom is 0.305 e. The van der Waals surface area contributed by atoms with Crippen LogP contribution in [-0.4, -0.2) is 11.6 Å². The molecule has 0 aliphatic carbocycles. The largest absolute Gasteiger partial charge is 0.465 e. The maximum absolute atomic E-state index is 11.8. The highest BCUT2D eigenvalue weighted by Crippen LogP contribution is 2.02. The summed E-state index contributed by atoms with van der Waals surface area (Å²) in [7, 11) is 0. The molecule has 5 heteroatoms. The molecule has 1 amide bonds. The minimum absolute atomic E-state index is 0.170. The van der Waals surface area contributed by atoms with E-state index in [-0.39, 0.29) is 12.5 Å². The van der Waals surface area contributed by atoms with Gasteiger partial charge in [0.1, 0.15) is 5.76 Å². The van der Waals surface area contributed by atoms with Crippen molar-refractivity contribution in [1.82, 2.24) is 5.43 Å². The monoisotopic (exact) mass is 284 g/mol. The molecule has 2 aromatic heterocycles. The lowest BCUT2D eigenvalue weighted by molar-refractivity contribution is -0.684. The molecule has 1 N–H and O–H groups in total. The molecule has 0 unspecified atom stereocenters. The van der Waals surface area contributed by atoms with Gasteiger partial charge in [0, 0.05) is 11.6 Å². The van der Waals surface area contributed by atoms with Crippen LogP contribution in [0.2, 0.25) is 0 Å². The van der Waals surface area contributed by atoms with E-state index in [1.807, 2.05) is 48.1 Å². The van der Waals surface area contributed by atoms with Gasteiger partial charge in [-0.2, -0.15) is 9.67 Å². The highest BCUT2D eigenvalue weighted by atomic mass is 16.3. The number of nitrogens with zero attached hydrogens (tertiary/aromatic N) is 2. The first-order chi connectivity index (χ1) is 10.1. The third kappa shape index (κ3) is 5.06. The first kappa shape index (κ1) is 14.7. The third-order valence-electron chi connectivity index (χ3n) is 2.72. The number of carbonyl (C=O) groups excluding carboxylic acids is 1. The van der Waals surface area contributed by atoms with Crippen LogP contribution < -0.4 is 9.99 Å². The van der Waals surface area contributed by atoms with Gasteiger partial charge in [0.2, 0.25) is 6.54 Å². The Morgan fingerprint density at radius 2 is 2.29 bits per heavy atom. The van der Waals surface area contributed by atoms with Gasteiger partial charge in [0.15, 0.2) is 12.4 Å². The van der Waals surface area contributed by atoms with Gasteiger partial charge in [-0.05, 0) is 44.2 Å². The van der Waals surface area contributed by atoms with Crippen LogP contribution in [0.4, 0.5) is 0 Å². The Balaban J connectivity index is 1.86. The van der Waals surface area contributed by atoms with E-state index in [0.717, 1.165) is 11.3 Å². The van der Waals surface area contributed by atoms with Gasteiger partial charge in [-0.1, -0.05) is 0 Å². The molecule has 0 aliphatic rings. The Kier molecular flexibility index (Phi) is 5.04. The highest BCUT2D eigenvalue weighted by Gasteiger charge is 2.07. The van der Waals surface area contributed by atoms with Crippen LogP contribution in [0.15, 0.2) is 58.5 Å². The summed E-state index contributed by atoms with van der Waals surface area (Å²) in [6, 6.07) is 7.54. The van der Waals surface area contributed by atoms with E-state index >= 15 is 0 Å². The van der Waals surface area contributed by atoms with Crippen LogP contribution in [0.1, 0.15) is 18.2 Å². The standard InChI is InChI=1S/C16H17N3O2/c1-13-5-3-9-19(11-13)12-16(20)18-17-14(2)7-8-15-6-4-10-21-15/h3-11H,12H2,1-2H3/p+1. The highest BCUT2D eigenvalue weighted by molar-refractivity contribution is 5.96. The van der Waals surface area contributed by atoms with Crippen molar-refractivity contribution in [2.24, 2.45) is 5.10 Å². The van der Waals surface area contributed by atoms with Crippen LogP contribution in [0.25, 0.3) is 6.08 Å². The van der Waals surface area contributed by atoms with E-state index < -0.39 is 0 Å². The Bertz CT molecular complexity index is 658. The molecule has 0 spiro atoms. The Morgan fingerprint density at radius 1 is 1.43 bits per heavy atom. The summed E-state index contributed by atoms with van der Waals surface area (Å²) in [5.74, 6) is 0.572. The van der Waals surface area contributed by atoms with E-state index in [4.69, 9.17) is 4.42 Å². The lowest BCUT2D eigenvalue weighted by Gasteiger charge is -1.98. The summed E-state index contributed by atoms with van der Waals surface area (Å²) < 4.78 is 6.98. The maximum atomic E-state index is 11.8. The number of hydrazone groups is 1. The van der Waals surface area contributed by atoms with Crippen molar-refractivity contribution in [3.05, 3.63) is 60.3 Å². The topological polar surface area (TPSA) is 58.5 Å². The zero-order valence-electron chi connectivity index (χ0n) is 12.1. The fourth-order valence-corrected chi connectivity index (χ4v) is 1.73. The van der Waals surface area contributed by atoms with E-state index in [9.17, 15) is 4.79 Å². The molecule has 0 atom stereocenters. The summed E-state index contributed by atoms with van der Waals surface area (Å²) in [6.45, 7) is 4.02. The molecule has 2 aromatic rings. The van der Waals surface area contributed by atoms with Gasteiger partial charge in [-0.3, -0.25) is 4.79 Å². The average molecular weight is 284 g/mol. The molecule has 21 heavy (non-hydrogen) atoms. The summed E-state index contributed by atoms with van der Waals surface area (Å²) in [5, 5.41) is 4.02. The molecule has 0 aliphatic heterocycles. The average Bonchev–Trinajstić information content (AvgIpc) is 2.96. The van der Waals surface area contributed by atoms with Gasteiger partial charge < -0.3 is 4.42 Å². The molecule has 0 bridgehead atoms. The third-order valence-corrected chi connectivity index (χ3v) is 2.72. The number of nitrogens with one attached hydrogen (secondary N) is 1. The minimum Gasteiger partial charge on any atom is -0.465 e. The summed E-state index contributed by atoms with van der Waals surface area (Å²) >= 11 is 0. The van der Waals surface area contributed by atoms with Crippen molar-refractivity contribution >= 4 is 17.7 Å². The molecular weight excluding hydrogens is 266 g/mol. The van der Waals surface area contributed by atoms with Gasteiger partial charge in [0.05, 0.1) is 12.0 Å². The Hall–Kier alpha value is -2.69. The van der Waals surface area contributed by atoms with Crippen LogP contribution in [0.5, 0.6) is 0 Å². The van der Waals surface area contributed by atoms with Crippen molar-refractivity contribution < 1.29 is 13.8 Å². The van der Waals surface area contributed by atoms with Crippen LogP contribution in [0.3, 0.4) is 0 Å². The van der Waals surface area contributed by atoms with Gasteiger partial charge >= 0.3 is 5.91 Å². The lowest BCUT2D eigenvalue weighted by atomic mass is 10.3. The number of hydrogen-bond acceptors (Lipinski definition) is 3. The SMILES string of the molecule is CC(C=Cc1ccco1)=NNC(=O)C[n+]1cccc(C)c1. The molecule has 0 radical (unpaired) electrons. The smallest absolute Gasteiger partial charge is 0.305 e. The number of aromatic nitrogens is 1. The van der Waals surface area contributed by atoms with Crippen LogP contribution >= 0.6 is 0 Å². The second-order valence-corrected chi connectivity index (χ2v) is 4.69. The van der Waals surface area contributed by atoms with Crippen molar-refractivity contribution in [3.8, 4) is 0 Å². The van der Waals surface area contributed by atoms with E-state index in [2.05, 4.69) is 10.5 Å². The fraction of sp³-hybridized carbons (Fsp3) is 0.188. The molecular formula is C16H18N3O2+. The second-order valence-electron chi connectivity index (χ2n) is 4.69. The molecule has 5 nitrogen and oxygen atoms in total. The van der Waals surface area contributed by atoms with Crippen molar-refractivity contribution in [2.75, 3.05) is 0 Å². The fourth-order valence-electron chi connectivity index (χ4n) is 1.73. The van der Waals surface area contributed by atoms with Crippen molar-refractivity contribution in [3.63, 3.8) is 0 Å². The molecule has 2 rings (SSSR count). The predicted molar refractivity (Wildman–Crippen MR) is 80.4 cm³/mol. The van der Waals surface area contributed by atoms with E-state index in [1.54, 1.807) is 25.3 Å². The first-order valence-corrected chi connectivity index (χ1v) is 6.64. The number of pyridine rings is 1. The molecule has 0 saturated heterocycles. The number of furan rings is 1. The number of allylic oxidation sites excluding steroid dienone is 1. The van der Waals surface area contributed by atoms with E-state index in [0.29, 0.717) is 5.71 Å². The zero-order valence-corrected chi connectivity index (χ0v) is 12.1. The minimum atomic E-state index is -0.170. The predicted octanol–water partition coefficient (Wildman–Crippen LogP) is 2.08. The number of rotatable bonds is 5. The van der Waals surface area contributed by atoms with Crippen LogP contribution in [-0.2, 0) is 11.3 Å². The number of aryl methyl sites for hydroxylation is 1. The number of amides is 1. The van der Waals surface area contributed by atoms with Crippen LogP contribution in [0, 0.1) is 6.92 Å². The Labute approximate surface area is 123 Å². The van der Waals surface area contributed by atoms with Crippen molar-refractivity contribution in [1.29, 1.82) is 0 Å². The molecule has 0 fully saturated rings. The summed E-state index contributed by atoms with van der Waals surface area (Å²) in [6.07, 6.45) is 8.93. The summed E-state index contributed by atoms with van der Waals surface area (Å²) in [4.78, 5) is 11.8. The zero-order chi connectivity index (χ0) is 15.1. The molecule has 0 saturated carbocycles. The molecule has 108 valence electrons. The molecule has 2 heterocycles. The Morgan fingerprint density at radius 3 is 3.00 bits per heavy atom. The number of hydrogen-bond donors (Lipinski definition) is 1. The first-order valence-electron chi connectivity index (χ1n) is 6.64. The second kappa shape index (κ2) is 7.19. The van der Waals surface area contributed by atoms with Gasteiger partial charge in [-0.25, -0.2) is 5.43 Å². The number of carbonyl (C=O) groups is 1. The quantitative estimate of drug-likeness (QED) is 0.519.